The number of hydrogen-bond donors (Lipinski definition) is 0. The van der Waals surface area contributed by atoms with Gasteiger partial charge in [0.15, 0.2) is 0 Å². The van der Waals surface area contributed by atoms with Crippen molar-refractivity contribution in [1.82, 2.24) is 0 Å². The fourth-order valence-corrected chi connectivity index (χ4v) is 1.93. The van der Waals surface area contributed by atoms with Crippen molar-refractivity contribution in [2.75, 3.05) is 0 Å². The molecule has 0 aliphatic rings. The Kier molecular flexibility index (Phi) is 6.87. The summed E-state index contributed by atoms with van der Waals surface area (Å²) >= 11 is 0. The van der Waals surface area contributed by atoms with E-state index in [1.807, 2.05) is 0 Å². The Hall–Kier alpha value is -0.850. The van der Waals surface area contributed by atoms with Gasteiger partial charge in [-0.2, -0.15) is 0 Å². The Bertz CT molecular complexity index is 253. The second-order valence-corrected chi connectivity index (χ2v) is 4.57. The van der Waals surface area contributed by atoms with E-state index in [1.165, 1.54) is 37.7 Å². The summed E-state index contributed by atoms with van der Waals surface area (Å²) in [6, 6.07) is 10.6. The van der Waals surface area contributed by atoms with Crippen molar-refractivity contribution in [2.24, 2.45) is 0 Å². The van der Waals surface area contributed by atoms with E-state index in [4.69, 9.17) is 0 Å². The van der Waals surface area contributed by atoms with Gasteiger partial charge >= 0.3 is 0 Å². The minimum Gasteiger partial charge on any atom is -0.248 e. The van der Waals surface area contributed by atoms with Crippen LogP contribution in [-0.2, 0) is 6.42 Å². The lowest BCUT2D eigenvalue weighted by atomic mass is 10.0. The summed E-state index contributed by atoms with van der Waals surface area (Å²) in [6.45, 7) is 1.65. The van der Waals surface area contributed by atoms with E-state index in [2.05, 4.69) is 30.3 Å². The van der Waals surface area contributed by atoms with Gasteiger partial charge in [0.1, 0.15) is 0 Å². The lowest BCUT2D eigenvalue weighted by molar-refractivity contribution is 0.329. The lowest BCUT2D eigenvalue weighted by Gasteiger charge is -2.03. The molecule has 0 nitrogen and oxygen atoms in total. The van der Waals surface area contributed by atoms with Gasteiger partial charge in [-0.05, 0) is 31.7 Å². The van der Waals surface area contributed by atoms with Crippen LogP contribution in [-0.4, -0.2) is 6.17 Å². The molecule has 0 saturated carbocycles. The maximum absolute atomic E-state index is 12.5. The Morgan fingerprint density at radius 3 is 2.25 bits per heavy atom. The van der Waals surface area contributed by atoms with E-state index in [0.717, 1.165) is 12.8 Å². The number of alkyl halides is 1. The first-order valence-electron chi connectivity index (χ1n) is 6.47. The molecular weight excluding hydrogens is 199 g/mol. The van der Waals surface area contributed by atoms with E-state index in [0.29, 0.717) is 0 Å². The SMILES string of the molecule is CC(F)CCCCCCCc1ccccc1. The van der Waals surface area contributed by atoms with E-state index in [9.17, 15) is 4.39 Å². The van der Waals surface area contributed by atoms with Crippen LogP contribution in [0.25, 0.3) is 0 Å². The first kappa shape index (κ1) is 13.2. The molecule has 0 fully saturated rings. The average molecular weight is 222 g/mol. The van der Waals surface area contributed by atoms with E-state index >= 15 is 0 Å². The topological polar surface area (TPSA) is 0 Å². The maximum atomic E-state index is 12.5. The molecule has 0 aromatic heterocycles. The highest BCUT2D eigenvalue weighted by Gasteiger charge is 1.97. The number of hydrogen-bond acceptors (Lipinski definition) is 0. The van der Waals surface area contributed by atoms with Crippen molar-refractivity contribution in [3.8, 4) is 0 Å². The monoisotopic (exact) mass is 222 g/mol. The van der Waals surface area contributed by atoms with Crippen LogP contribution in [0.2, 0.25) is 0 Å². The molecular formula is C15H23F. The van der Waals surface area contributed by atoms with Gasteiger partial charge in [0.2, 0.25) is 0 Å². The highest BCUT2D eigenvalue weighted by molar-refractivity contribution is 5.14. The normalized spacial score (nSPS) is 12.6. The standard InChI is InChI=1S/C15H23F/c1-14(16)10-6-3-2-4-7-11-15-12-8-5-9-13-15/h5,8-9,12-14H,2-4,6-7,10-11H2,1H3. The summed E-state index contributed by atoms with van der Waals surface area (Å²) in [5, 5.41) is 0. The highest BCUT2D eigenvalue weighted by Crippen LogP contribution is 2.11. The fourth-order valence-electron chi connectivity index (χ4n) is 1.93. The molecule has 1 rings (SSSR count). The summed E-state index contributed by atoms with van der Waals surface area (Å²) in [7, 11) is 0. The van der Waals surface area contributed by atoms with Crippen LogP contribution in [0.3, 0.4) is 0 Å². The van der Waals surface area contributed by atoms with Gasteiger partial charge in [0, 0.05) is 0 Å². The Morgan fingerprint density at radius 2 is 1.56 bits per heavy atom. The maximum Gasteiger partial charge on any atom is 0.0973 e. The van der Waals surface area contributed by atoms with Crippen molar-refractivity contribution < 1.29 is 4.39 Å². The smallest absolute Gasteiger partial charge is 0.0973 e. The summed E-state index contributed by atoms with van der Waals surface area (Å²) in [6.07, 6.45) is 7.30. The lowest BCUT2D eigenvalue weighted by Crippen LogP contribution is -1.91. The van der Waals surface area contributed by atoms with Crippen molar-refractivity contribution >= 4 is 0 Å². The van der Waals surface area contributed by atoms with Gasteiger partial charge in [-0.25, -0.2) is 4.39 Å². The summed E-state index contributed by atoms with van der Waals surface area (Å²) in [4.78, 5) is 0. The van der Waals surface area contributed by atoms with Crippen molar-refractivity contribution in [2.45, 2.75) is 58.0 Å². The fraction of sp³-hybridized carbons (Fsp3) is 0.600. The van der Waals surface area contributed by atoms with Gasteiger partial charge < -0.3 is 0 Å². The molecule has 1 aromatic carbocycles. The molecule has 0 spiro atoms. The molecule has 1 unspecified atom stereocenters. The summed E-state index contributed by atoms with van der Waals surface area (Å²) in [5.41, 5.74) is 1.43. The second-order valence-electron chi connectivity index (χ2n) is 4.57. The van der Waals surface area contributed by atoms with Crippen LogP contribution < -0.4 is 0 Å². The molecule has 0 heterocycles. The molecule has 0 bridgehead atoms. The van der Waals surface area contributed by atoms with Gasteiger partial charge in [-0.1, -0.05) is 56.0 Å². The van der Waals surface area contributed by atoms with Crippen LogP contribution in [0.4, 0.5) is 4.39 Å². The largest absolute Gasteiger partial charge is 0.248 e. The summed E-state index contributed by atoms with van der Waals surface area (Å²) < 4.78 is 12.5. The third-order valence-corrected chi connectivity index (χ3v) is 2.91. The number of aryl methyl sites for hydroxylation is 1. The van der Waals surface area contributed by atoms with E-state index < -0.39 is 6.17 Å². The summed E-state index contributed by atoms with van der Waals surface area (Å²) in [5.74, 6) is 0. The van der Waals surface area contributed by atoms with Crippen molar-refractivity contribution in [3.63, 3.8) is 0 Å². The van der Waals surface area contributed by atoms with Gasteiger partial charge in [0.05, 0.1) is 6.17 Å². The Balaban J connectivity index is 1.93. The van der Waals surface area contributed by atoms with Crippen LogP contribution in [0, 0.1) is 0 Å². The van der Waals surface area contributed by atoms with Crippen LogP contribution in [0.1, 0.15) is 51.0 Å². The highest BCUT2D eigenvalue weighted by atomic mass is 19.1. The van der Waals surface area contributed by atoms with Crippen molar-refractivity contribution in [3.05, 3.63) is 35.9 Å². The minimum absolute atomic E-state index is 0.621. The van der Waals surface area contributed by atoms with Crippen LogP contribution >= 0.6 is 0 Å². The molecule has 0 N–H and O–H groups in total. The molecule has 1 aromatic rings. The molecule has 0 saturated heterocycles. The average Bonchev–Trinajstić information content (AvgIpc) is 2.29. The Labute approximate surface area is 98.9 Å². The van der Waals surface area contributed by atoms with Gasteiger partial charge in [-0.3, -0.25) is 0 Å². The third-order valence-electron chi connectivity index (χ3n) is 2.91. The quantitative estimate of drug-likeness (QED) is 0.547. The molecule has 0 amide bonds. The first-order chi connectivity index (χ1) is 7.79. The predicted molar refractivity (Wildman–Crippen MR) is 68.4 cm³/mol. The van der Waals surface area contributed by atoms with Gasteiger partial charge in [-0.15, -0.1) is 0 Å². The Morgan fingerprint density at radius 1 is 0.938 bits per heavy atom. The number of halogens is 1. The van der Waals surface area contributed by atoms with Crippen molar-refractivity contribution in [1.29, 1.82) is 0 Å². The zero-order chi connectivity index (χ0) is 11.6. The molecule has 1 atom stereocenters. The first-order valence-corrected chi connectivity index (χ1v) is 6.47. The van der Waals surface area contributed by atoms with Gasteiger partial charge in [0.25, 0.3) is 0 Å². The zero-order valence-corrected chi connectivity index (χ0v) is 10.3. The van der Waals surface area contributed by atoms with E-state index in [1.54, 1.807) is 6.92 Å². The third kappa shape index (κ3) is 6.60. The zero-order valence-electron chi connectivity index (χ0n) is 10.3. The molecule has 0 aliphatic carbocycles. The molecule has 0 radical (unpaired) electrons. The number of benzene rings is 1. The van der Waals surface area contributed by atoms with E-state index in [-0.39, 0.29) is 0 Å². The van der Waals surface area contributed by atoms with Crippen LogP contribution in [0.5, 0.6) is 0 Å². The molecule has 90 valence electrons. The molecule has 1 heteroatoms. The number of rotatable bonds is 8. The predicted octanol–water partition coefficient (Wildman–Crippen LogP) is 4.93. The number of unbranched alkanes of at least 4 members (excludes halogenated alkanes) is 4. The molecule has 16 heavy (non-hydrogen) atoms. The molecule has 0 aliphatic heterocycles. The van der Waals surface area contributed by atoms with Crippen LogP contribution in [0.15, 0.2) is 30.3 Å². The minimum atomic E-state index is -0.621. The second kappa shape index (κ2) is 8.32.